The Kier molecular flexibility index (Phi) is 7.22. The third-order valence-corrected chi connectivity index (χ3v) is 6.71. The Morgan fingerprint density at radius 2 is 1.76 bits per heavy atom. The molecule has 1 aliphatic rings. The molecule has 2 aromatic carbocycles. The van der Waals surface area contributed by atoms with E-state index in [1.807, 2.05) is 44.2 Å². The number of amides is 1. The molecule has 34 heavy (non-hydrogen) atoms. The number of rotatable bonds is 7. The second-order valence-electron chi connectivity index (χ2n) is 7.99. The minimum Gasteiger partial charge on any atom is -0.489 e. The number of aromatic nitrogens is 1. The van der Waals surface area contributed by atoms with E-state index in [0.717, 1.165) is 39.1 Å². The summed E-state index contributed by atoms with van der Waals surface area (Å²) < 4.78 is 21.1. The average molecular weight is 478 g/mol. The number of thioether (sulfide) groups is 1. The van der Waals surface area contributed by atoms with Gasteiger partial charge in [-0.1, -0.05) is 12.1 Å². The molecule has 0 aliphatic carbocycles. The van der Waals surface area contributed by atoms with Crippen LogP contribution < -0.4 is 4.74 Å². The van der Waals surface area contributed by atoms with Gasteiger partial charge in [0.1, 0.15) is 18.2 Å². The number of carbonyl (C=O) groups excluding carboxylic acids is 1. The van der Waals surface area contributed by atoms with Gasteiger partial charge in [-0.3, -0.25) is 14.7 Å². The first kappa shape index (κ1) is 23.8. The second kappa shape index (κ2) is 10.3. The van der Waals surface area contributed by atoms with Crippen LogP contribution in [0.15, 0.2) is 64.5 Å². The van der Waals surface area contributed by atoms with Crippen LogP contribution in [-0.4, -0.2) is 33.6 Å². The Morgan fingerprint density at radius 1 is 1.06 bits per heavy atom. The van der Waals surface area contributed by atoms with Crippen molar-refractivity contribution in [3.63, 3.8) is 0 Å². The fourth-order valence-electron chi connectivity index (χ4n) is 3.95. The van der Waals surface area contributed by atoms with Crippen LogP contribution >= 0.6 is 11.8 Å². The standard InChI is InChI=1S/C27H28FN3O2S/c1-5-29-27-30(6-2)26(32)25(34-27)16-21-15-18(3)31(19(21)4)23-11-13-24(14-12-23)33-17-20-7-9-22(28)10-8-20/h7-16H,5-6,17H2,1-4H3/b25-16+,29-27?. The van der Waals surface area contributed by atoms with Gasteiger partial charge in [0, 0.05) is 30.2 Å². The highest BCUT2D eigenvalue weighted by molar-refractivity contribution is 8.18. The van der Waals surface area contributed by atoms with Crippen LogP contribution in [0.1, 0.15) is 36.4 Å². The summed E-state index contributed by atoms with van der Waals surface area (Å²) in [6.45, 7) is 9.68. The number of ether oxygens (including phenoxy) is 1. The normalized spacial score (nSPS) is 16.1. The monoisotopic (exact) mass is 477 g/mol. The molecule has 0 radical (unpaired) electrons. The molecule has 4 rings (SSSR count). The van der Waals surface area contributed by atoms with E-state index < -0.39 is 0 Å². The van der Waals surface area contributed by atoms with E-state index in [-0.39, 0.29) is 11.7 Å². The topological polar surface area (TPSA) is 46.8 Å². The fourth-order valence-corrected chi connectivity index (χ4v) is 5.05. The van der Waals surface area contributed by atoms with Gasteiger partial charge < -0.3 is 9.30 Å². The quantitative estimate of drug-likeness (QED) is 0.385. The molecule has 1 saturated heterocycles. The van der Waals surface area contributed by atoms with Crippen LogP contribution in [0.3, 0.4) is 0 Å². The Morgan fingerprint density at radius 3 is 2.41 bits per heavy atom. The van der Waals surface area contributed by atoms with Gasteiger partial charge in [0.25, 0.3) is 5.91 Å². The number of amidine groups is 1. The van der Waals surface area contributed by atoms with Gasteiger partial charge >= 0.3 is 0 Å². The Balaban J connectivity index is 1.53. The maximum absolute atomic E-state index is 13.1. The first-order valence-electron chi connectivity index (χ1n) is 11.3. The number of aryl methyl sites for hydroxylation is 1. The lowest BCUT2D eigenvalue weighted by atomic mass is 10.2. The number of halogens is 1. The highest BCUT2D eigenvalue weighted by Gasteiger charge is 2.32. The molecule has 1 fully saturated rings. The lowest BCUT2D eigenvalue weighted by molar-refractivity contribution is -0.122. The minimum atomic E-state index is -0.256. The van der Waals surface area contributed by atoms with E-state index in [2.05, 4.69) is 29.5 Å². The van der Waals surface area contributed by atoms with Crippen LogP contribution in [-0.2, 0) is 11.4 Å². The van der Waals surface area contributed by atoms with Crippen molar-refractivity contribution in [1.82, 2.24) is 9.47 Å². The summed E-state index contributed by atoms with van der Waals surface area (Å²) in [7, 11) is 0. The second-order valence-corrected chi connectivity index (χ2v) is 9.00. The van der Waals surface area contributed by atoms with E-state index in [4.69, 9.17) is 4.74 Å². The summed E-state index contributed by atoms with van der Waals surface area (Å²) in [4.78, 5) is 19.7. The number of likely N-dealkylation sites (N-methyl/N-ethyl adjacent to an activating group) is 1. The van der Waals surface area contributed by atoms with Crippen molar-refractivity contribution in [2.45, 2.75) is 34.3 Å². The molecule has 0 bridgehead atoms. The lowest BCUT2D eigenvalue weighted by Gasteiger charge is -2.12. The van der Waals surface area contributed by atoms with Crippen molar-refractivity contribution in [3.8, 4) is 11.4 Å². The summed E-state index contributed by atoms with van der Waals surface area (Å²) in [6, 6.07) is 16.3. The maximum atomic E-state index is 13.1. The van der Waals surface area contributed by atoms with Gasteiger partial charge in [-0.15, -0.1) is 0 Å². The van der Waals surface area contributed by atoms with Crippen LogP contribution in [0.25, 0.3) is 11.8 Å². The molecule has 2 heterocycles. The smallest absolute Gasteiger partial charge is 0.266 e. The van der Waals surface area contributed by atoms with Crippen LogP contribution in [0, 0.1) is 19.7 Å². The van der Waals surface area contributed by atoms with E-state index >= 15 is 0 Å². The van der Waals surface area contributed by atoms with Crippen LogP contribution in [0.5, 0.6) is 5.75 Å². The molecule has 0 unspecified atom stereocenters. The fraction of sp³-hybridized carbons (Fsp3) is 0.259. The molecule has 0 atom stereocenters. The highest BCUT2D eigenvalue weighted by Crippen LogP contribution is 2.34. The SMILES string of the molecule is CCN=C1S/C(=C/c2cc(C)n(-c3ccc(OCc4ccc(F)cc4)cc3)c2C)C(=O)N1CC. The number of aliphatic imine (C=N–C) groups is 1. The third kappa shape index (κ3) is 4.94. The molecule has 0 N–H and O–H groups in total. The first-order valence-corrected chi connectivity index (χ1v) is 12.1. The van der Waals surface area contributed by atoms with E-state index in [0.29, 0.717) is 24.6 Å². The molecule has 1 aliphatic heterocycles. The van der Waals surface area contributed by atoms with Gasteiger partial charge in [-0.05, 0) is 99.1 Å². The van der Waals surface area contributed by atoms with Gasteiger partial charge in [-0.2, -0.15) is 0 Å². The van der Waals surface area contributed by atoms with Gasteiger partial charge in [0.2, 0.25) is 0 Å². The molecule has 3 aromatic rings. The molecule has 0 spiro atoms. The molecule has 5 nitrogen and oxygen atoms in total. The molecule has 7 heteroatoms. The van der Waals surface area contributed by atoms with Crippen molar-refractivity contribution in [1.29, 1.82) is 0 Å². The highest BCUT2D eigenvalue weighted by atomic mass is 32.2. The van der Waals surface area contributed by atoms with E-state index in [1.165, 1.54) is 23.9 Å². The predicted molar refractivity (Wildman–Crippen MR) is 137 cm³/mol. The van der Waals surface area contributed by atoms with Crippen LogP contribution in [0.4, 0.5) is 4.39 Å². The first-order chi connectivity index (χ1) is 16.4. The molecular formula is C27H28FN3O2S. The molecule has 0 saturated carbocycles. The summed E-state index contributed by atoms with van der Waals surface area (Å²) in [6.07, 6.45) is 1.97. The zero-order valence-corrected chi connectivity index (χ0v) is 20.7. The predicted octanol–water partition coefficient (Wildman–Crippen LogP) is 6.12. The van der Waals surface area contributed by atoms with Crippen molar-refractivity contribution in [3.05, 3.63) is 87.8 Å². The number of nitrogens with zero attached hydrogens (tertiary/aromatic N) is 3. The third-order valence-electron chi connectivity index (χ3n) is 5.67. The van der Waals surface area contributed by atoms with Crippen molar-refractivity contribution < 1.29 is 13.9 Å². The van der Waals surface area contributed by atoms with Crippen molar-refractivity contribution in [2.75, 3.05) is 13.1 Å². The summed E-state index contributed by atoms with van der Waals surface area (Å²) >= 11 is 1.44. The Bertz CT molecular complexity index is 1240. The van der Waals surface area contributed by atoms with E-state index in [1.54, 1.807) is 17.0 Å². The summed E-state index contributed by atoms with van der Waals surface area (Å²) in [5.74, 6) is 0.495. The Hall–Kier alpha value is -3.32. The summed E-state index contributed by atoms with van der Waals surface area (Å²) in [5, 5.41) is 0.770. The van der Waals surface area contributed by atoms with Gasteiger partial charge in [0.05, 0.1) is 4.91 Å². The number of hydrogen-bond acceptors (Lipinski definition) is 4. The van der Waals surface area contributed by atoms with Crippen molar-refractivity contribution >= 4 is 28.9 Å². The molecule has 176 valence electrons. The van der Waals surface area contributed by atoms with Gasteiger partial charge in [-0.25, -0.2) is 4.39 Å². The zero-order chi connectivity index (χ0) is 24.2. The summed E-state index contributed by atoms with van der Waals surface area (Å²) in [5.41, 5.74) is 5.08. The maximum Gasteiger partial charge on any atom is 0.266 e. The zero-order valence-electron chi connectivity index (χ0n) is 19.8. The number of hydrogen-bond donors (Lipinski definition) is 0. The van der Waals surface area contributed by atoms with Crippen molar-refractivity contribution in [2.24, 2.45) is 4.99 Å². The molecule has 1 aromatic heterocycles. The molecule has 1 amide bonds. The number of benzene rings is 2. The average Bonchev–Trinajstić information content (AvgIpc) is 3.28. The largest absolute Gasteiger partial charge is 0.489 e. The lowest BCUT2D eigenvalue weighted by Crippen LogP contribution is -2.28. The number of carbonyl (C=O) groups is 1. The molecular weight excluding hydrogens is 449 g/mol. The van der Waals surface area contributed by atoms with Crippen LogP contribution in [0.2, 0.25) is 0 Å². The Labute approximate surface area is 204 Å². The van der Waals surface area contributed by atoms with E-state index in [9.17, 15) is 9.18 Å². The van der Waals surface area contributed by atoms with Gasteiger partial charge in [0.15, 0.2) is 5.17 Å². The minimum absolute atomic E-state index is 0.00663.